The number of hydrogen-bond acceptors (Lipinski definition) is 6. The molecule has 2 rings (SSSR count). The van der Waals surface area contributed by atoms with Gasteiger partial charge in [-0.15, -0.1) is 5.10 Å². The van der Waals surface area contributed by atoms with Gasteiger partial charge in [-0.2, -0.15) is 9.77 Å². The fourth-order valence-corrected chi connectivity index (χ4v) is 2.30. The lowest BCUT2D eigenvalue weighted by Gasteiger charge is -2.07. The van der Waals surface area contributed by atoms with E-state index in [2.05, 4.69) is 15.5 Å². The third-order valence-electron chi connectivity index (χ3n) is 2.29. The summed E-state index contributed by atoms with van der Waals surface area (Å²) in [6, 6.07) is 4.73. The Labute approximate surface area is 133 Å². The zero-order chi connectivity index (χ0) is 15.4. The number of nitrogens with one attached hydrogen (secondary N) is 1. The molecule has 0 aliphatic heterocycles. The summed E-state index contributed by atoms with van der Waals surface area (Å²) in [6.45, 7) is 0. The van der Waals surface area contributed by atoms with Crippen molar-refractivity contribution in [2.45, 2.75) is 5.16 Å². The van der Waals surface area contributed by atoms with Gasteiger partial charge in [0.15, 0.2) is 0 Å². The van der Waals surface area contributed by atoms with Crippen molar-refractivity contribution in [3.63, 3.8) is 0 Å². The Bertz CT molecular complexity index is 737. The zero-order valence-electron chi connectivity index (χ0n) is 10.4. The van der Waals surface area contributed by atoms with Crippen LogP contribution >= 0.6 is 35.0 Å². The highest BCUT2D eigenvalue weighted by atomic mass is 35.5. The molecule has 0 radical (unpaired) electrons. The topological polar surface area (TPSA) is 103 Å². The summed E-state index contributed by atoms with van der Waals surface area (Å²) in [5.74, 6) is 5.18. The number of benzene rings is 1. The quantitative estimate of drug-likeness (QED) is 0.641. The molecule has 0 saturated heterocycles. The summed E-state index contributed by atoms with van der Waals surface area (Å²) in [5, 5.41) is 10.7. The maximum absolute atomic E-state index is 11.8. The number of nitrogens with zero attached hydrogens (tertiary/aromatic N) is 3. The molecule has 21 heavy (non-hydrogen) atoms. The van der Waals surface area contributed by atoms with E-state index in [9.17, 15) is 9.59 Å². The molecule has 0 bridgehead atoms. The van der Waals surface area contributed by atoms with Crippen LogP contribution in [0.3, 0.4) is 0 Å². The Morgan fingerprint density at radius 3 is 2.86 bits per heavy atom. The Kier molecular flexibility index (Phi) is 5.05. The predicted octanol–water partition coefficient (Wildman–Crippen LogP) is 1.39. The van der Waals surface area contributed by atoms with Crippen molar-refractivity contribution in [3.8, 4) is 0 Å². The van der Waals surface area contributed by atoms with E-state index in [1.165, 1.54) is 6.07 Å². The Morgan fingerprint density at radius 2 is 2.14 bits per heavy atom. The molecule has 7 nitrogen and oxygen atoms in total. The summed E-state index contributed by atoms with van der Waals surface area (Å²) >= 11 is 12.6. The van der Waals surface area contributed by atoms with Crippen LogP contribution < -0.4 is 16.7 Å². The van der Waals surface area contributed by atoms with Crippen LogP contribution in [0.1, 0.15) is 0 Å². The molecule has 1 aromatic carbocycles. The maximum atomic E-state index is 11.8. The number of hydrogen-bond donors (Lipinski definition) is 2. The maximum Gasteiger partial charge on any atom is 0.291 e. The van der Waals surface area contributed by atoms with E-state index in [0.717, 1.165) is 22.6 Å². The van der Waals surface area contributed by atoms with Crippen LogP contribution in [0.4, 0.5) is 5.69 Å². The fraction of sp³-hybridized carbons (Fsp3) is 0.0909. The molecular formula is C11H9Cl2N5O2S. The van der Waals surface area contributed by atoms with Gasteiger partial charge in [0.2, 0.25) is 11.1 Å². The number of carbonyl (C=O) groups is 1. The standard InChI is InChI=1S/C11H9Cl2N5O2S/c12-7-2-1-6(3-8(7)13)16-9(19)5-21-11-17-15-4-10(20)18(11)14/h1-4H,5,14H2,(H,16,19). The van der Waals surface area contributed by atoms with Gasteiger partial charge in [0, 0.05) is 5.69 Å². The first-order valence-electron chi connectivity index (χ1n) is 5.55. The SMILES string of the molecule is Nn1c(SCC(=O)Nc2ccc(Cl)c(Cl)c2)nncc1=O. The van der Waals surface area contributed by atoms with Crippen LogP contribution in [0, 0.1) is 0 Å². The van der Waals surface area contributed by atoms with Crippen molar-refractivity contribution < 1.29 is 4.79 Å². The molecular weight excluding hydrogens is 337 g/mol. The molecule has 110 valence electrons. The minimum Gasteiger partial charge on any atom is -0.334 e. The normalized spacial score (nSPS) is 10.4. The Hall–Kier alpha value is -1.77. The highest BCUT2D eigenvalue weighted by molar-refractivity contribution is 7.99. The van der Waals surface area contributed by atoms with E-state index >= 15 is 0 Å². The molecule has 0 atom stereocenters. The van der Waals surface area contributed by atoms with Crippen molar-refractivity contribution in [2.24, 2.45) is 0 Å². The van der Waals surface area contributed by atoms with Gasteiger partial charge < -0.3 is 11.2 Å². The van der Waals surface area contributed by atoms with Crippen molar-refractivity contribution in [1.82, 2.24) is 14.9 Å². The minimum absolute atomic E-state index is 0.00950. The van der Waals surface area contributed by atoms with E-state index in [4.69, 9.17) is 29.0 Å². The first kappa shape index (κ1) is 15.6. The molecule has 1 aromatic heterocycles. The molecule has 10 heteroatoms. The lowest BCUT2D eigenvalue weighted by atomic mass is 10.3. The van der Waals surface area contributed by atoms with E-state index < -0.39 is 5.56 Å². The number of carbonyl (C=O) groups excluding carboxylic acids is 1. The van der Waals surface area contributed by atoms with Crippen LogP contribution in [0.5, 0.6) is 0 Å². The highest BCUT2D eigenvalue weighted by Gasteiger charge is 2.09. The average Bonchev–Trinajstić information content (AvgIpc) is 2.44. The number of amides is 1. The zero-order valence-corrected chi connectivity index (χ0v) is 12.7. The van der Waals surface area contributed by atoms with Gasteiger partial charge in [0.05, 0.1) is 15.8 Å². The van der Waals surface area contributed by atoms with Gasteiger partial charge in [-0.25, -0.2) is 0 Å². The predicted molar refractivity (Wildman–Crippen MR) is 82.3 cm³/mol. The largest absolute Gasteiger partial charge is 0.334 e. The summed E-state index contributed by atoms with van der Waals surface area (Å²) in [6.07, 6.45) is 0.986. The molecule has 2 aromatic rings. The van der Waals surface area contributed by atoms with Crippen LogP contribution in [-0.2, 0) is 4.79 Å². The molecule has 0 aliphatic carbocycles. The summed E-state index contributed by atoms with van der Waals surface area (Å²) < 4.78 is 0.824. The third kappa shape index (κ3) is 4.10. The minimum atomic E-state index is -0.502. The summed E-state index contributed by atoms with van der Waals surface area (Å²) in [4.78, 5) is 23.0. The monoisotopic (exact) mass is 345 g/mol. The number of halogens is 2. The van der Waals surface area contributed by atoms with Gasteiger partial charge in [0.1, 0.15) is 6.20 Å². The fourth-order valence-electron chi connectivity index (χ4n) is 1.33. The van der Waals surface area contributed by atoms with E-state index in [1.54, 1.807) is 12.1 Å². The molecule has 0 saturated carbocycles. The smallest absolute Gasteiger partial charge is 0.291 e. The van der Waals surface area contributed by atoms with Gasteiger partial charge in [-0.05, 0) is 18.2 Å². The van der Waals surface area contributed by atoms with Crippen molar-refractivity contribution >= 4 is 46.6 Å². The van der Waals surface area contributed by atoms with Crippen molar-refractivity contribution in [2.75, 3.05) is 16.9 Å². The highest BCUT2D eigenvalue weighted by Crippen LogP contribution is 2.25. The van der Waals surface area contributed by atoms with Crippen molar-refractivity contribution in [1.29, 1.82) is 0 Å². The van der Waals surface area contributed by atoms with Gasteiger partial charge in [0.25, 0.3) is 5.56 Å². The van der Waals surface area contributed by atoms with Crippen LogP contribution in [-0.4, -0.2) is 26.5 Å². The van der Waals surface area contributed by atoms with Crippen LogP contribution in [0.2, 0.25) is 10.0 Å². The Balaban J connectivity index is 1.97. The van der Waals surface area contributed by atoms with Crippen LogP contribution in [0.15, 0.2) is 34.3 Å². The average molecular weight is 346 g/mol. The van der Waals surface area contributed by atoms with Crippen LogP contribution in [0.25, 0.3) is 0 Å². The molecule has 1 amide bonds. The second-order valence-corrected chi connectivity index (χ2v) is 5.56. The molecule has 0 unspecified atom stereocenters. The number of nitrogens with two attached hydrogens (primary N) is 1. The van der Waals surface area contributed by atoms with Gasteiger partial charge >= 0.3 is 0 Å². The molecule has 0 fully saturated rings. The lowest BCUT2D eigenvalue weighted by Crippen LogP contribution is -2.30. The summed E-state index contributed by atoms with van der Waals surface area (Å²) in [5.41, 5.74) is 0.0108. The number of thioether (sulfide) groups is 1. The van der Waals surface area contributed by atoms with Crippen molar-refractivity contribution in [3.05, 3.63) is 44.8 Å². The molecule has 1 heterocycles. The first-order valence-corrected chi connectivity index (χ1v) is 7.29. The molecule has 0 aliphatic rings. The first-order chi connectivity index (χ1) is 9.97. The molecule has 3 N–H and O–H groups in total. The van der Waals surface area contributed by atoms with Gasteiger partial charge in [-0.1, -0.05) is 35.0 Å². The van der Waals surface area contributed by atoms with Gasteiger partial charge in [-0.3, -0.25) is 9.59 Å². The third-order valence-corrected chi connectivity index (χ3v) is 3.97. The summed E-state index contributed by atoms with van der Waals surface area (Å²) in [7, 11) is 0. The number of aromatic nitrogens is 3. The number of anilines is 1. The molecule has 0 spiro atoms. The van der Waals surface area contributed by atoms with E-state index in [1.807, 2.05) is 0 Å². The van der Waals surface area contributed by atoms with E-state index in [0.29, 0.717) is 15.7 Å². The lowest BCUT2D eigenvalue weighted by molar-refractivity contribution is -0.113. The second-order valence-electron chi connectivity index (χ2n) is 3.80. The Morgan fingerprint density at radius 1 is 1.38 bits per heavy atom. The second kappa shape index (κ2) is 6.79. The number of rotatable bonds is 4. The van der Waals surface area contributed by atoms with E-state index in [-0.39, 0.29) is 16.8 Å². The number of nitrogen functional groups attached to an aromatic ring is 1.